The van der Waals surface area contributed by atoms with Gasteiger partial charge in [0.2, 0.25) is 11.8 Å². The number of nitrogens with zero attached hydrogens (tertiary/aromatic N) is 2. The molecule has 2 fully saturated rings. The molecule has 0 aromatic heterocycles. The first-order valence-corrected chi connectivity index (χ1v) is 13.4. The molecule has 2 aromatic carbocycles. The summed E-state index contributed by atoms with van der Waals surface area (Å²) in [5.41, 5.74) is 6.66. The topological polar surface area (TPSA) is 95.7 Å². The molecule has 0 bridgehead atoms. The van der Waals surface area contributed by atoms with Crippen LogP contribution in [0.3, 0.4) is 0 Å². The van der Waals surface area contributed by atoms with Crippen LogP contribution in [0.4, 0.5) is 18.9 Å². The van der Waals surface area contributed by atoms with Gasteiger partial charge in [0.15, 0.2) is 0 Å². The average Bonchev–Trinajstić information content (AvgIpc) is 3.30. The van der Waals surface area contributed by atoms with E-state index in [9.17, 15) is 27.6 Å². The molecule has 1 saturated carbocycles. The van der Waals surface area contributed by atoms with E-state index in [1.165, 1.54) is 41.4 Å². The third-order valence-electron chi connectivity index (χ3n) is 7.07. The Morgan fingerprint density at radius 3 is 2.54 bits per heavy atom. The van der Waals surface area contributed by atoms with Crippen molar-refractivity contribution in [3.63, 3.8) is 0 Å². The number of carbonyl (C=O) groups excluding carboxylic acids is 3. The van der Waals surface area contributed by atoms with Gasteiger partial charge in [-0.15, -0.1) is 0 Å². The SMILES string of the molecule is C=C(/C=C\C(C)=C/N)N1C(=O)CC[C@H]1C(=O)N(c1cccc(F)c1)[C@H](C(=O)NC1CC(F)(F)C1)c1ccccc1Cl. The maximum atomic E-state index is 14.5. The van der Waals surface area contributed by atoms with Gasteiger partial charge in [-0.05, 0) is 55.5 Å². The van der Waals surface area contributed by atoms with Crippen molar-refractivity contribution >= 4 is 35.0 Å². The molecule has 3 N–H and O–H groups in total. The van der Waals surface area contributed by atoms with Crippen molar-refractivity contribution in [1.82, 2.24) is 10.2 Å². The van der Waals surface area contributed by atoms with E-state index in [0.717, 1.165) is 11.0 Å². The molecule has 1 saturated heterocycles. The van der Waals surface area contributed by atoms with Gasteiger partial charge >= 0.3 is 0 Å². The second-order valence-electron chi connectivity index (χ2n) is 10.1. The molecule has 2 aliphatic rings. The van der Waals surface area contributed by atoms with Crippen molar-refractivity contribution in [3.05, 3.63) is 101 Å². The Kier molecular flexibility index (Phi) is 8.92. The van der Waals surface area contributed by atoms with E-state index in [1.807, 2.05) is 0 Å². The van der Waals surface area contributed by atoms with Gasteiger partial charge in [-0.3, -0.25) is 19.3 Å². The van der Waals surface area contributed by atoms with Crippen molar-refractivity contribution in [2.24, 2.45) is 5.73 Å². The number of carbonyl (C=O) groups is 3. The predicted octanol–water partition coefficient (Wildman–Crippen LogP) is 5.39. The summed E-state index contributed by atoms with van der Waals surface area (Å²) in [7, 11) is 0. The Morgan fingerprint density at radius 2 is 1.90 bits per heavy atom. The van der Waals surface area contributed by atoms with E-state index >= 15 is 0 Å². The van der Waals surface area contributed by atoms with Crippen LogP contribution in [0.5, 0.6) is 0 Å². The van der Waals surface area contributed by atoms with E-state index < -0.39 is 54.5 Å². The van der Waals surface area contributed by atoms with Crippen molar-refractivity contribution in [2.45, 2.75) is 56.7 Å². The van der Waals surface area contributed by atoms with Crippen molar-refractivity contribution in [3.8, 4) is 0 Å². The summed E-state index contributed by atoms with van der Waals surface area (Å²) in [6.45, 7) is 5.69. The zero-order valence-electron chi connectivity index (χ0n) is 22.3. The number of anilines is 1. The molecular weight excluding hydrogens is 557 g/mol. The summed E-state index contributed by atoms with van der Waals surface area (Å²) >= 11 is 6.49. The molecule has 0 radical (unpaired) electrons. The monoisotopic (exact) mass is 586 g/mol. The summed E-state index contributed by atoms with van der Waals surface area (Å²) in [4.78, 5) is 43.4. The molecular formula is C30H30ClF3N4O3. The third kappa shape index (κ3) is 6.65. The maximum Gasteiger partial charge on any atom is 0.252 e. The smallest absolute Gasteiger partial charge is 0.252 e. The lowest BCUT2D eigenvalue weighted by Crippen LogP contribution is -2.55. The van der Waals surface area contributed by atoms with Crippen LogP contribution in [0.15, 0.2) is 84.7 Å². The molecule has 2 atom stereocenters. The minimum Gasteiger partial charge on any atom is -0.404 e. The van der Waals surface area contributed by atoms with Gasteiger partial charge in [0.1, 0.15) is 17.9 Å². The minimum atomic E-state index is -2.90. The molecule has 216 valence electrons. The summed E-state index contributed by atoms with van der Waals surface area (Å²) in [5, 5.41) is 2.73. The summed E-state index contributed by atoms with van der Waals surface area (Å²) in [6, 6.07) is 8.01. The normalized spacial score (nSPS) is 19.6. The molecule has 1 aliphatic carbocycles. The van der Waals surface area contributed by atoms with Crippen molar-refractivity contribution < 1.29 is 27.6 Å². The minimum absolute atomic E-state index is 0.0244. The highest BCUT2D eigenvalue weighted by atomic mass is 35.5. The van der Waals surface area contributed by atoms with E-state index in [4.69, 9.17) is 17.3 Å². The fourth-order valence-corrected chi connectivity index (χ4v) is 5.21. The standard InChI is InChI=1S/C30H30ClF3N4O3/c1-18(17-35)10-11-19(2)37-25(12-13-26(37)39)29(41)38(22-7-5-6-20(32)14-22)27(23-8-3-4-9-24(23)31)28(40)36-21-15-30(33,34)16-21/h3-11,14,17,21,25,27H,2,12-13,15-16,35H2,1H3,(H,36,40)/b11-10-,18-17-/t25-,27-/m0/s1. The Hall–Kier alpha value is -4.05. The van der Waals surface area contributed by atoms with Crippen LogP contribution in [0.25, 0.3) is 0 Å². The number of amides is 3. The molecule has 0 spiro atoms. The number of nitrogens with one attached hydrogen (secondary N) is 1. The molecule has 3 amide bonds. The fraction of sp³-hybridized carbons (Fsp3) is 0.300. The van der Waals surface area contributed by atoms with Crippen LogP contribution in [0, 0.1) is 5.82 Å². The molecule has 41 heavy (non-hydrogen) atoms. The quantitative estimate of drug-likeness (QED) is 0.385. The molecule has 4 rings (SSSR count). The number of benzene rings is 2. The molecule has 1 aliphatic heterocycles. The Balaban J connectivity index is 1.79. The number of rotatable bonds is 9. The third-order valence-corrected chi connectivity index (χ3v) is 7.42. The first-order valence-electron chi connectivity index (χ1n) is 13.0. The van der Waals surface area contributed by atoms with Gasteiger partial charge in [0, 0.05) is 47.3 Å². The average molecular weight is 587 g/mol. The van der Waals surface area contributed by atoms with Gasteiger partial charge in [-0.2, -0.15) is 0 Å². The van der Waals surface area contributed by atoms with Gasteiger partial charge in [-0.1, -0.05) is 48.5 Å². The number of allylic oxidation sites excluding steroid dienone is 3. The van der Waals surface area contributed by atoms with Crippen LogP contribution in [-0.4, -0.2) is 40.6 Å². The van der Waals surface area contributed by atoms with Gasteiger partial charge in [0.05, 0.1) is 0 Å². The summed E-state index contributed by atoms with van der Waals surface area (Å²) in [6.07, 6.45) is 3.59. The highest BCUT2D eigenvalue weighted by molar-refractivity contribution is 6.31. The first kappa shape index (κ1) is 29.9. The number of alkyl halides is 2. The maximum absolute atomic E-state index is 14.5. The Morgan fingerprint density at radius 1 is 1.20 bits per heavy atom. The second kappa shape index (κ2) is 12.2. The predicted molar refractivity (Wildman–Crippen MR) is 150 cm³/mol. The fourth-order valence-electron chi connectivity index (χ4n) is 4.97. The number of likely N-dealkylation sites (tertiary alicyclic amines) is 1. The van der Waals surface area contributed by atoms with Crippen molar-refractivity contribution in [2.75, 3.05) is 4.90 Å². The number of halogens is 4. The van der Waals surface area contributed by atoms with E-state index in [2.05, 4.69) is 11.9 Å². The zero-order valence-corrected chi connectivity index (χ0v) is 23.1. The molecule has 7 nitrogen and oxygen atoms in total. The van der Waals surface area contributed by atoms with Crippen LogP contribution >= 0.6 is 11.6 Å². The zero-order chi connectivity index (χ0) is 29.9. The van der Waals surface area contributed by atoms with Crippen LogP contribution in [-0.2, 0) is 14.4 Å². The lowest BCUT2D eigenvalue weighted by Gasteiger charge is -2.39. The highest BCUT2D eigenvalue weighted by Gasteiger charge is 2.48. The summed E-state index contributed by atoms with van der Waals surface area (Å²) in [5.74, 6) is -5.39. The molecule has 1 heterocycles. The first-order chi connectivity index (χ1) is 19.4. The summed E-state index contributed by atoms with van der Waals surface area (Å²) < 4.78 is 41.7. The number of hydrogen-bond acceptors (Lipinski definition) is 4. The number of nitrogens with two attached hydrogens (primary N) is 1. The molecule has 0 unspecified atom stereocenters. The van der Waals surface area contributed by atoms with Crippen LogP contribution in [0.2, 0.25) is 5.02 Å². The Labute approximate surface area is 241 Å². The Bertz CT molecular complexity index is 1420. The van der Waals surface area contributed by atoms with Crippen LogP contribution in [0.1, 0.15) is 44.2 Å². The number of hydrogen-bond donors (Lipinski definition) is 2. The van der Waals surface area contributed by atoms with E-state index in [-0.39, 0.29) is 40.7 Å². The largest absolute Gasteiger partial charge is 0.404 e. The lowest BCUT2D eigenvalue weighted by molar-refractivity contribution is -0.134. The lowest BCUT2D eigenvalue weighted by atomic mass is 9.87. The molecule has 11 heteroatoms. The van der Waals surface area contributed by atoms with Crippen LogP contribution < -0.4 is 16.0 Å². The van der Waals surface area contributed by atoms with E-state index in [0.29, 0.717) is 5.57 Å². The van der Waals surface area contributed by atoms with Crippen molar-refractivity contribution in [1.29, 1.82) is 0 Å². The van der Waals surface area contributed by atoms with Gasteiger partial charge < -0.3 is 16.0 Å². The van der Waals surface area contributed by atoms with Gasteiger partial charge in [-0.25, -0.2) is 13.2 Å². The second-order valence-corrected chi connectivity index (χ2v) is 10.5. The molecule has 2 aromatic rings. The van der Waals surface area contributed by atoms with Gasteiger partial charge in [0.25, 0.3) is 11.8 Å². The highest BCUT2D eigenvalue weighted by Crippen LogP contribution is 2.39. The van der Waals surface area contributed by atoms with E-state index in [1.54, 1.807) is 31.2 Å².